The maximum Gasteiger partial charge on any atom is 0.335 e. The summed E-state index contributed by atoms with van der Waals surface area (Å²) in [5.74, 6) is -1.04. The van der Waals surface area contributed by atoms with E-state index in [4.69, 9.17) is 10.2 Å². The molecule has 104 valence electrons. The first-order valence-electron chi connectivity index (χ1n) is 5.93. The van der Waals surface area contributed by atoms with E-state index in [9.17, 15) is 9.59 Å². The number of aromatic carboxylic acids is 1. The standard InChI is InChI=1S/C13H18N2O4/c1-9(16)6-7-15(2)13(19)14-11-5-3-4-10(8-11)12(17)18/h3-5,8-9,16H,6-7H2,1-2H3,(H,14,19)(H,17,18). The predicted octanol–water partition coefficient (Wildman–Crippen LogP) is 1.62. The maximum absolute atomic E-state index is 11.8. The minimum atomic E-state index is -1.04. The number of carboxylic acid groups (broad SMARTS) is 1. The molecular formula is C13H18N2O4. The van der Waals surface area contributed by atoms with Crippen LogP contribution in [0.5, 0.6) is 0 Å². The number of nitrogens with zero attached hydrogens (tertiary/aromatic N) is 1. The molecule has 1 aromatic carbocycles. The van der Waals surface area contributed by atoms with E-state index in [2.05, 4.69) is 5.32 Å². The smallest absolute Gasteiger partial charge is 0.335 e. The van der Waals surface area contributed by atoms with Gasteiger partial charge in [-0.05, 0) is 31.5 Å². The van der Waals surface area contributed by atoms with Gasteiger partial charge in [0.1, 0.15) is 0 Å². The highest BCUT2D eigenvalue weighted by Crippen LogP contribution is 2.11. The van der Waals surface area contributed by atoms with Gasteiger partial charge in [0, 0.05) is 19.3 Å². The quantitative estimate of drug-likeness (QED) is 0.755. The molecule has 19 heavy (non-hydrogen) atoms. The molecule has 0 saturated carbocycles. The molecule has 0 aliphatic heterocycles. The molecule has 6 heteroatoms. The molecule has 2 amide bonds. The number of urea groups is 1. The highest BCUT2D eigenvalue weighted by molar-refractivity contribution is 5.93. The van der Waals surface area contributed by atoms with Crippen LogP contribution in [0.25, 0.3) is 0 Å². The number of aliphatic hydroxyl groups excluding tert-OH is 1. The summed E-state index contributed by atoms with van der Waals surface area (Å²) >= 11 is 0. The Hall–Kier alpha value is -2.08. The summed E-state index contributed by atoms with van der Waals surface area (Å²) in [5.41, 5.74) is 0.540. The summed E-state index contributed by atoms with van der Waals surface area (Å²) in [5, 5.41) is 20.6. The summed E-state index contributed by atoms with van der Waals surface area (Å²) in [6.45, 7) is 2.07. The van der Waals surface area contributed by atoms with Crippen molar-refractivity contribution in [3.8, 4) is 0 Å². The number of nitrogens with one attached hydrogen (secondary N) is 1. The fourth-order valence-electron chi connectivity index (χ4n) is 1.43. The second-order valence-corrected chi connectivity index (χ2v) is 4.38. The molecular weight excluding hydrogens is 248 g/mol. The van der Waals surface area contributed by atoms with E-state index in [1.165, 1.54) is 17.0 Å². The first-order valence-corrected chi connectivity index (χ1v) is 5.93. The maximum atomic E-state index is 11.8. The minimum absolute atomic E-state index is 0.115. The van der Waals surface area contributed by atoms with Crippen LogP contribution in [0.1, 0.15) is 23.7 Å². The second-order valence-electron chi connectivity index (χ2n) is 4.38. The van der Waals surface area contributed by atoms with E-state index in [0.717, 1.165) is 0 Å². The molecule has 0 bridgehead atoms. The van der Waals surface area contributed by atoms with Crippen molar-refractivity contribution >= 4 is 17.7 Å². The normalized spacial score (nSPS) is 11.7. The molecule has 1 aromatic rings. The Labute approximate surface area is 111 Å². The first kappa shape index (κ1) is 15.0. The van der Waals surface area contributed by atoms with Gasteiger partial charge in [0.15, 0.2) is 0 Å². The van der Waals surface area contributed by atoms with Gasteiger partial charge >= 0.3 is 12.0 Å². The molecule has 3 N–H and O–H groups in total. The van der Waals surface area contributed by atoms with Crippen LogP contribution in [0.3, 0.4) is 0 Å². The van der Waals surface area contributed by atoms with Crippen LogP contribution in [-0.4, -0.2) is 46.8 Å². The van der Waals surface area contributed by atoms with Crippen molar-refractivity contribution in [3.05, 3.63) is 29.8 Å². The van der Waals surface area contributed by atoms with Gasteiger partial charge in [0.2, 0.25) is 0 Å². The monoisotopic (exact) mass is 266 g/mol. The van der Waals surface area contributed by atoms with Gasteiger partial charge in [0.05, 0.1) is 11.7 Å². The lowest BCUT2D eigenvalue weighted by Gasteiger charge is -2.18. The third kappa shape index (κ3) is 4.97. The molecule has 0 aliphatic rings. The van der Waals surface area contributed by atoms with E-state index in [0.29, 0.717) is 18.7 Å². The first-order chi connectivity index (χ1) is 8.90. The van der Waals surface area contributed by atoms with Crippen LogP contribution >= 0.6 is 0 Å². The largest absolute Gasteiger partial charge is 0.478 e. The van der Waals surface area contributed by atoms with Gasteiger partial charge in [-0.3, -0.25) is 0 Å². The zero-order valence-electron chi connectivity index (χ0n) is 11.0. The molecule has 0 fully saturated rings. The molecule has 0 aliphatic carbocycles. The fraction of sp³-hybridized carbons (Fsp3) is 0.385. The van der Waals surface area contributed by atoms with Crippen molar-refractivity contribution in [2.24, 2.45) is 0 Å². The Kier molecular flexibility index (Phi) is 5.32. The predicted molar refractivity (Wildman–Crippen MR) is 71.3 cm³/mol. The van der Waals surface area contributed by atoms with Crippen LogP contribution in [-0.2, 0) is 0 Å². The van der Waals surface area contributed by atoms with Crippen molar-refractivity contribution in [1.82, 2.24) is 4.90 Å². The molecule has 1 rings (SSSR count). The van der Waals surface area contributed by atoms with Crippen LogP contribution < -0.4 is 5.32 Å². The molecule has 0 saturated heterocycles. The zero-order chi connectivity index (χ0) is 14.4. The summed E-state index contributed by atoms with van der Waals surface area (Å²) in [4.78, 5) is 24.0. The summed E-state index contributed by atoms with van der Waals surface area (Å²) in [6.07, 6.45) is 0.0182. The van der Waals surface area contributed by atoms with Crippen molar-refractivity contribution < 1.29 is 19.8 Å². The number of carbonyl (C=O) groups excluding carboxylic acids is 1. The van der Waals surface area contributed by atoms with Crippen LogP contribution in [0.15, 0.2) is 24.3 Å². The van der Waals surface area contributed by atoms with Crippen molar-refractivity contribution in [3.63, 3.8) is 0 Å². The number of aliphatic hydroxyl groups is 1. The van der Waals surface area contributed by atoms with Crippen molar-refractivity contribution in [2.75, 3.05) is 18.9 Å². The highest BCUT2D eigenvalue weighted by Gasteiger charge is 2.10. The van der Waals surface area contributed by atoms with E-state index < -0.39 is 12.1 Å². The third-order valence-corrected chi connectivity index (χ3v) is 2.59. The summed E-state index contributed by atoms with van der Waals surface area (Å²) < 4.78 is 0. The third-order valence-electron chi connectivity index (χ3n) is 2.59. The van der Waals surface area contributed by atoms with Crippen molar-refractivity contribution in [1.29, 1.82) is 0 Å². The summed E-state index contributed by atoms with van der Waals surface area (Å²) in [7, 11) is 1.61. The van der Waals surface area contributed by atoms with Gasteiger partial charge in [0.25, 0.3) is 0 Å². The Balaban J connectivity index is 2.61. The van der Waals surface area contributed by atoms with Gasteiger partial charge in [-0.2, -0.15) is 0 Å². The lowest BCUT2D eigenvalue weighted by atomic mass is 10.2. The number of anilines is 1. The molecule has 0 spiro atoms. The SMILES string of the molecule is CC(O)CCN(C)C(=O)Nc1cccc(C(=O)O)c1. The van der Waals surface area contributed by atoms with E-state index in [1.807, 2.05) is 0 Å². The Morgan fingerprint density at radius 1 is 1.42 bits per heavy atom. The van der Waals surface area contributed by atoms with Gasteiger partial charge < -0.3 is 20.4 Å². The number of hydrogen-bond donors (Lipinski definition) is 3. The molecule has 0 radical (unpaired) electrons. The number of benzene rings is 1. The minimum Gasteiger partial charge on any atom is -0.478 e. The van der Waals surface area contributed by atoms with Crippen LogP contribution in [0.4, 0.5) is 10.5 Å². The lowest BCUT2D eigenvalue weighted by molar-refractivity contribution is 0.0697. The topological polar surface area (TPSA) is 89.9 Å². The molecule has 6 nitrogen and oxygen atoms in total. The number of carbonyl (C=O) groups is 2. The molecule has 0 heterocycles. The van der Waals surface area contributed by atoms with Crippen LogP contribution in [0.2, 0.25) is 0 Å². The Bertz CT molecular complexity index is 460. The average Bonchev–Trinajstić information content (AvgIpc) is 2.36. The molecule has 0 aromatic heterocycles. The van der Waals surface area contributed by atoms with Crippen molar-refractivity contribution in [2.45, 2.75) is 19.4 Å². The number of amides is 2. The van der Waals surface area contributed by atoms with Gasteiger partial charge in [-0.1, -0.05) is 6.07 Å². The Morgan fingerprint density at radius 3 is 2.68 bits per heavy atom. The molecule has 1 unspecified atom stereocenters. The van der Waals surface area contributed by atoms with E-state index in [-0.39, 0.29) is 11.6 Å². The Morgan fingerprint density at radius 2 is 2.11 bits per heavy atom. The fourth-order valence-corrected chi connectivity index (χ4v) is 1.43. The van der Waals surface area contributed by atoms with Gasteiger partial charge in [-0.25, -0.2) is 9.59 Å². The lowest BCUT2D eigenvalue weighted by Crippen LogP contribution is -2.33. The van der Waals surface area contributed by atoms with Crippen LogP contribution in [0, 0.1) is 0 Å². The van der Waals surface area contributed by atoms with Gasteiger partial charge in [-0.15, -0.1) is 0 Å². The number of hydrogen-bond acceptors (Lipinski definition) is 3. The van der Waals surface area contributed by atoms with E-state index >= 15 is 0 Å². The zero-order valence-corrected chi connectivity index (χ0v) is 11.0. The summed E-state index contributed by atoms with van der Waals surface area (Å²) in [6, 6.07) is 5.68. The number of carboxylic acids is 1. The highest BCUT2D eigenvalue weighted by atomic mass is 16.4. The second kappa shape index (κ2) is 6.75. The number of rotatable bonds is 5. The van der Waals surface area contributed by atoms with E-state index in [1.54, 1.807) is 26.1 Å². The average molecular weight is 266 g/mol. The molecule has 1 atom stereocenters.